The van der Waals surface area contributed by atoms with Crippen molar-refractivity contribution in [2.45, 2.75) is 26.8 Å². The van der Waals surface area contributed by atoms with E-state index in [0.717, 1.165) is 6.20 Å². The van der Waals surface area contributed by atoms with E-state index in [1.807, 2.05) is 0 Å². The maximum atomic E-state index is 12.2. The summed E-state index contributed by atoms with van der Waals surface area (Å²) in [5, 5.41) is 0. The fourth-order valence-electron chi connectivity index (χ4n) is 1.49. The van der Waals surface area contributed by atoms with Gasteiger partial charge in [0.1, 0.15) is 0 Å². The lowest BCUT2D eigenvalue weighted by atomic mass is 10.1. The summed E-state index contributed by atoms with van der Waals surface area (Å²) in [6, 6.07) is 0. The SMILES string of the molecule is CCOC(=O)c1cnc(OC(F)(F)F)c(C)c1CN. The van der Waals surface area contributed by atoms with Gasteiger partial charge in [-0.1, -0.05) is 0 Å². The Hall–Kier alpha value is -1.83. The van der Waals surface area contributed by atoms with E-state index in [4.69, 9.17) is 10.5 Å². The van der Waals surface area contributed by atoms with Crippen LogP contribution in [0.5, 0.6) is 5.88 Å². The molecule has 2 N–H and O–H groups in total. The van der Waals surface area contributed by atoms with Gasteiger partial charge in [0.15, 0.2) is 0 Å². The Morgan fingerprint density at radius 2 is 2.11 bits per heavy atom. The minimum Gasteiger partial charge on any atom is -0.462 e. The fraction of sp³-hybridized carbons (Fsp3) is 0.455. The molecule has 1 aromatic heterocycles. The molecule has 106 valence electrons. The molecule has 1 aromatic rings. The van der Waals surface area contributed by atoms with Gasteiger partial charge in [-0.3, -0.25) is 0 Å². The molecule has 0 aliphatic carbocycles. The number of alkyl halides is 3. The summed E-state index contributed by atoms with van der Waals surface area (Å²) in [6.07, 6.45) is -3.89. The van der Waals surface area contributed by atoms with Gasteiger partial charge < -0.3 is 15.2 Å². The summed E-state index contributed by atoms with van der Waals surface area (Å²) in [6.45, 7) is 2.97. The number of halogens is 3. The molecule has 0 saturated carbocycles. The highest BCUT2D eigenvalue weighted by atomic mass is 19.4. The standard InChI is InChI=1S/C11H13F3N2O3/c1-3-18-10(17)8-5-16-9(19-11(12,13)14)6(2)7(8)4-15/h5H,3-4,15H2,1-2H3. The Labute approximate surface area is 107 Å². The molecule has 1 heterocycles. The molecule has 0 atom stereocenters. The van der Waals surface area contributed by atoms with Crippen molar-refractivity contribution in [1.29, 1.82) is 0 Å². The van der Waals surface area contributed by atoms with Gasteiger partial charge in [-0.25, -0.2) is 9.78 Å². The molecule has 0 aliphatic rings. The summed E-state index contributed by atoms with van der Waals surface area (Å²) in [7, 11) is 0. The molecule has 5 nitrogen and oxygen atoms in total. The maximum Gasteiger partial charge on any atom is 0.574 e. The summed E-state index contributed by atoms with van der Waals surface area (Å²) >= 11 is 0. The van der Waals surface area contributed by atoms with Crippen molar-refractivity contribution in [1.82, 2.24) is 4.98 Å². The Balaban J connectivity index is 3.19. The van der Waals surface area contributed by atoms with E-state index in [-0.39, 0.29) is 29.8 Å². The van der Waals surface area contributed by atoms with Crippen LogP contribution in [0.15, 0.2) is 6.20 Å². The van der Waals surface area contributed by atoms with E-state index < -0.39 is 18.2 Å². The fourth-order valence-corrected chi connectivity index (χ4v) is 1.49. The zero-order valence-corrected chi connectivity index (χ0v) is 10.4. The topological polar surface area (TPSA) is 74.4 Å². The van der Waals surface area contributed by atoms with Crippen molar-refractivity contribution in [2.24, 2.45) is 5.73 Å². The second-order valence-corrected chi connectivity index (χ2v) is 3.55. The van der Waals surface area contributed by atoms with Gasteiger partial charge in [0.25, 0.3) is 0 Å². The van der Waals surface area contributed by atoms with Crippen LogP contribution in [-0.2, 0) is 11.3 Å². The van der Waals surface area contributed by atoms with Gasteiger partial charge >= 0.3 is 12.3 Å². The molecule has 0 amide bonds. The number of ether oxygens (including phenoxy) is 2. The molecular weight excluding hydrogens is 265 g/mol. The first kappa shape index (κ1) is 15.2. The van der Waals surface area contributed by atoms with Crippen LogP contribution >= 0.6 is 0 Å². The van der Waals surface area contributed by atoms with Crippen LogP contribution in [0.1, 0.15) is 28.4 Å². The highest BCUT2D eigenvalue weighted by Crippen LogP contribution is 2.27. The van der Waals surface area contributed by atoms with E-state index in [0.29, 0.717) is 0 Å². The molecule has 0 aromatic carbocycles. The van der Waals surface area contributed by atoms with Crippen molar-refractivity contribution in [3.63, 3.8) is 0 Å². The number of carbonyl (C=O) groups excluding carboxylic acids is 1. The number of hydrogen-bond donors (Lipinski definition) is 1. The predicted molar refractivity (Wildman–Crippen MR) is 59.5 cm³/mol. The summed E-state index contributed by atoms with van der Waals surface area (Å²) in [5.41, 5.74) is 5.76. The first-order chi connectivity index (χ1) is 8.80. The number of pyridine rings is 1. The molecule has 0 aliphatic heterocycles. The van der Waals surface area contributed by atoms with Crippen molar-refractivity contribution >= 4 is 5.97 Å². The highest BCUT2D eigenvalue weighted by Gasteiger charge is 2.33. The molecule has 0 bridgehead atoms. The number of nitrogens with two attached hydrogens (primary N) is 1. The third kappa shape index (κ3) is 3.82. The zero-order valence-electron chi connectivity index (χ0n) is 10.4. The average Bonchev–Trinajstić information content (AvgIpc) is 2.30. The quantitative estimate of drug-likeness (QED) is 0.852. The Morgan fingerprint density at radius 3 is 2.58 bits per heavy atom. The smallest absolute Gasteiger partial charge is 0.462 e. The lowest BCUT2D eigenvalue weighted by Gasteiger charge is -2.14. The number of carbonyl (C=O) groups is 1. The van der Waals surface area contributed by atoms with Gasteiger partial charge in [0.05, 0.1) is 12.2 Å². The van der Waals surface area contributed by atoms with Crippen LogP contribution in [0.25, 0.3) is 0 Å². The summed E-state index contributed by atoms with van der Waals surface area (Å²) in [5.74, 6) is -1.31. The first-order valence-corrected chi connectivity index (χ1v) is 5.41. The lowest BCUT2D eigenvalue weighted by Crippen LogP contribution is -2.20. The predicted octanol–water partition coefficient (Wildman–Crippen LogP) is 1.92. The highest BCUT2D eigenvalue weighted by molar-refractivity contribution is 5.91. The maximum absolute atomic E-state index is 12.2. The summed E-state index contributed by atoms with van der Waals surface area (Å²) in [4.78, 5) is 15.1. The Bertz CT molecular complexity index is 475. The van der Waals surface area contributed by atoms with E-state index in [9.17, 15) is 18.0 Å². The first-order valence-electron chi connectivity index (χ1n) is 5.41. The monoisotopic (exact) mass is 278 g/mol. The zero-order chi connectivity index (χ0) is 14.6. The van der Waals surface area contributed by atoms with Crippen LogP contribution in [0, 0.1) is 6.92 Å². The number of nitrogens with zero attached hydrogens (tertiary/aromatic N) is 1. The van der Waals surface area contributed by atoms with Crippen LogP contribution < -0.4 is 10.5 Å². The van der Waals surface area contributed by atoms with E-state index in [1.54, 1.807) is 6.92 Å². The molecular formula is C11H13F3N2O3. The summed E-state index contributed by atoms with van der Waals surface area (Å²) < 4.78 is 45.0. The number of hydrogen-bond acceptors (Lipinski definition) is 5. The molecule has 1 rings (SSSR count). The minimum absolute atomic E-state index is 0.0383. The van der Waals surface area contributed by atoms with Crippen molar-refractivity contribution in [2.75, 3.05) is 6.61 Å². The number of rotatable bonds is 4. The van der Waals surface area contributed by atoms with Gasteiger partial charge in [-0.05, 0) is 19.4 Å². The number of aromatic nitrogens is 1. The Morgan fingerprint density at radius 1 is 1.47 bits per heavy atom. The molecule has 0 spiro atoms. The van der Waals surface area contributed by atoms with Crippen LogP contribution in [0.3, 0.4) is 0 Å². The molecule has 0 radical (unpaired) electrons. The average molecular weight is 278 g/mol. The van der Waals surface area contributed by atoms with Crippen molar-refractivity contribution < 1.29 is 27.4 Å². The van der Waals surface area contributed by atoms with Gasteiger partial charge in [0, 0.05) is 18.3 Å². The van der Waals surface area contributed by atoms with Gasteiger partial charge in [-0.2, -0.15) is 0 Å². The second-order valence-electron chi connectivity index (χ2n) is 3.55. The van der Waals surface area contributed by atoms with Crippen LogP contribution in [0.2, 0.25) is 0 Å². The molecule has 19 heavy (non-hydrogen) atoms. The van der Waals surface area contributed by atoms with Crippen molar-refractivity contribution in [3.8, 4) is 5.88 Å². The second kappa shape index (κ2) is 5.87. The third-order valence-electron chi connectivity index (χ3n) is 2.32. The normalized spacial score (nSPS) is 11.3. The largest absolute Gasteiger partial charge is 0.574 e. The molecule has 0 unspecified atom stereocenters. The Kier molecular flexibility index (Phi) is 4.71. The van der Waals surface area contributed by atoms with E-state index in [1.165, 1.54) is 6.92 Å². The lowest BCUT2D eigenvalue weighted by molar-refractivity contribution is -0.276. The van der Waals surface area contributed by atoms with Crippen LogP contribution in [0.4, 0.5) is 13.2 Å². The molecule has 0 saturated heterocycles. The van der Waals surface area contributed by atoms with Gasteiger partial charge in [0.2, 0.25) is 5.88 Å². The van der Waals surface area contributed by atoms with Crippen molar-refractivity contribution in [3.05, 3.63) is 22.9 Å². The minimum atomic E-state index is -4.85. The van der Waals surface area contributed by atoms with E-state index in [2.05, 4.69) is 9.72 Å². The van der Waals surface area contributed by atoms with Crippen LogP contribution in [-0.4, -0.2) is 23.9 Å². The number of esters is 1. The van der Waals surface area contributed by atoms with E-state index >= 15 is 0 Å². The molecule has 8 heteroatoms. The third-order valence-corrected chi connectivity index (χ3v) is 2.32. The molecule has 0 fully saturated rings. The van der Waals surface area contributed by atoms with Gasteiger partial charge in [-0.15, -0.1) is 13.2 Å².